The third-order valence-corrected chi connectivity index (χ3v) is 6.27. The molecule has 9 heteroatoms. The van der Waals surface area contributed by atoms with E-state index in [-0.39, 0.29) is 12.3 Å². The van der Waals surface area contributed by atoms with Crippen molar-refractivity contribution in [2.45, 2.75) is 22.9 Å². The Bertz CT molecular complexity index is 1140. The van der Waals surface area contributed by atoms with Crippen molar-refractivity contribution in [3.05, 3.63) is 82.1 Å². The summed E-state index contributed by atoms with van der Waals surface area (Å²) in [6.07, 6.45) is 7.34. The smallest absolute Gasteiger partial charge is 0.308 e. The maximum absolute atomic E-state index is 12.2. The maximum Gasteiger partial charge on any atom is 0.308 e. The molecule has 33 heavy (non-hydrogen) atoms. The van der Waals surface area contributed by atoms with Crippen LogP contribution in [0.3, 0.4) is 0 Å². The number of carbonyl (C=O) groups excluding carboxylic acids is 1. The number of halogens is 1. The number of carbonyl (C=O) groups is 2. The van der Waals surface area contributed by atoms with Crippen LogP contribution >= 0.6 is 35.1 Å². The quantitative estimate of drug-likeness (QED) is 0.230. The molecule has 1 aromatic heterocycles. The summed E-state index contributed by atoms with van der Waals surface area (Å²) < 4.78 is 0. The highest BCUT2D eigenvalue weighted by Gasteiger charge is 2.16. The summed E-state index contributed by atoms with van der Waals surface area (Å²) in [4.78, 5) is 32.5. The van der Waals surface area contributed by atoms with Gasteiger partial charge in [0.25, 0.3) is 0 Å². The highest BCUT2D eigenvalue weighted by atomic mass is 35.5. The van der Waals surface area contributed by atoms with Gasteiger partial charge in [-0.25, -0.2) is 9.97 Å². The zero-order valence-corrected chi connectivity index (χ0v) is 20.4. The van der Waals surface area contributed by atoms with Gasteiger partial charge in [0.15, 0.2) is 0 Å². The molecule has 0 aliphatic rings. The first-order valence-electron chi connectivity index (χ1n) is 9.91. The summed E-state index contributed by atoms with van der Waals surface area (Å²) in [5.41, 5.74) is 3.19. The summed E-state index contributed by atoms with van der Waals surface area (Å²) in [6.45, 7) is 0. The number of carboxylic acids is 1. The molecule has 0 bridgehead atoms. The Morgan fingerprint density at radius 3 is 2.15 bits per heavy atom. The number of aliphatic carboxylic acids is 1. The van der Waals surface area contributed by atoms with E-state index < -0.39 is 5.97 Å². The average molecular weight is 500 g/mol. The van der Waals surface area contributed by atoms with Gasteiger partial charge in [0.2, 0.25) is 5.91 Å². The molecule has 0 fully saturated rings. The lowest BCUT2D eigenvalue weighted by Crippen LogP contribution is -2.09. The molecule has 0 unspecified atom stereocenters. The first-order chi connectivity index (χ1) is 15.9. The minimum Gasteiger partial charge on any atom is -0.481 e. The number of anilines is 1. The maximum atomic E-state index is 12.2. The van der Waals surface area contributed by atoms with Crippen LogP contribution in [-0.4, -0.2) is 39.5 Å². The van der Waals surface area contributed by atoms with Gasteiger partial charge >= 0.3 is 5.97 Å². The van der Waals surface area contributed by atoms with Crippen molar-refractivity contribution in [3.8, 4) is 0 Å². The lowest BCUT2D eigenvalue weighted by Gasteiger charge is -2.12. The van der Waals surface area contributed by atoms with Gasteiger partial charge in [-0.15, -0.1) is 23.5 Å². The number of nitrogens with zero attached hydrogens (tertiary/aromatic N) is 2. The van der Waals surface area contributed by atoms with Crippen LogP contribution in [0.15, 0.2) is 64.7 Å². The Morgan fingerprint density at radius 2 is 1.61 bits per heavy atom. The number of aromatic nitrogens is 2. The third kappa shape index (κ3) is 7.35. The largest absolute Gasteiger partial charge is 0.481 e. The van der Waals surface area contributed by atoms with Crippen LogP contribution in [0.4, 0.5) is 5.69 Å². The molecule has 1 heterocycles. The molecule has 2 aromatic carbocycles. The van der Waals surface area contributed by atoms with Gasteiger partial charge in [0, 0.05) is 28.8 Å². The summed E-state index contributed by atoms with van der Waals surface area (Å²) in [5, 5.41) is 14.0. The number of hydrogen-bond donors (Lipinski definition) is 2. The molecule has 0 saturated carbocycles. The van der Waals surface area contributed by atoms with Gasteiger partial charge < -0.3 is 10.4 Å². The van der Waals surface area contributed by atoms with E-state index >= 15 is 0 Å². The molecule has 0 radical (unpaired) electrons. The van der Waals surface area contributed by atoms with Gasteiger partial charge in [-0.05, 0) is 54.0 Å². The molecule has 2 N–H and O–H groups in total. The number of rotatable bonds is 9. The molecule has 6 nitrogen and oxygen atoms in total. The standard InChI is InChI=1S/C24H22ClN3O3S2/c1-32-23-19(14-22(30)31)24(33-2)28-20(27-23)13-16-5-10-18(11-6-16)26-21(29)12-7-15-3-8-17(25)9-4-15/h3-12H,13-14H2,1-2H3,(H,26,29)(H,30,31). The second-order valence-electron chi connectivity index (χ2n) is 6.96. The van der Waals surface area contributed by atoms with Crippen molar-refractivity contribution in [1.82, 2.24) is 9.97 Å². The minimum atomic E-state index is -0.905. The number of carboxylic acid groups (broad SMARTS) is 1. The zero-order valence-electron chi connectivity index (χ0n) is 18.0. The minimum absolute atomic E-state index is 0.104. The number of hydrogen-bond acceptors (Lipinski definition) is 6. The van der Waals surface area contributed by atoms with Crippen LogP contribution in [0.5, 0.6) is 0 Å². The van der Waals surface area contributed by atoms with E-state index in [1.54, 1.807) is 18.2 Å². The van der Waals surface area contributed by atoms with Crippen molar-refractivity contribution in [1.29, 1.82) is 0 Å². The van der Waals surface area contributed by atoms with Gasteiger partial charge in [0.05, 0.1) is 6.42 Å². The van der Waals surface area contributed by atoms with Gasteiger partial charge in [0.1, 0.15) is 15.9 Å². The fourth-order valence-electron chi connectivity index (χ4n) is 3.02. The Balaban J connectivity index is 1.67. The molecular weight excluding hydrogens is 478 g/mol. The SMILES string of the molecule is CSc1nc(Cc2ccc(NC(=O)C=Cc3ccc(Cl)cc3)cc2)nc(SC)c1CC(=O)O. The van der Waals surface area contributed by atoms with E-state index in [1.807, 2.05) is 48.9 Å². The van der Waals surface area contributed by atoms with Gasteiger partial charge in [-0.2, -0.15) is 0 Å². The summed E-state index contributed by atoms with van der Waals surface area (Å²) in [7, 11) is 0. The van der Waals surface area contributed by atoms with E-state index in [0.717, 1.165) is 11.1 Å². The molecule has 3 aromatic rings. The normalized spacial score (nSPS) is 11.0. The predicted octanol–water partition coefficient (Wildman–Crippen LogP) is 5.44. The Hall–Kier alpha value is -2.81. The molecule has 0 atom stereocenters. The van der Waals surface area contributed by atoms with Crippen LogP contribution in [0.2, 0.25) is 5.02 Å². The second kappa shape index (κ2) is 11.9. The summed E-state index contributed by atoms with van der Waals surface area (Å²) >= 11 is 8.70. The van der Waals surface area contributed by atoms with E-state index in [2.05, 4.69) is 15.3 Å². The van der Waals surface area contributed by atoms with E-state index in [4.69, 9.17) is 11.6 Å². The first kappa shape index (κ1) is 24.8. The van der Waals surface area contributed by atoms with Crippen LogP contribution in [-0.2, 0) is 22.4 Å². The molecular formula is C24H22ClN3O3S2. The van der Waals surface area contributed by atoms with Crippen LogP contribution in [0.1, 0.15) is 22.5 Å². The van der Waals surface area contributed by atoms with Gasteiger partial charge in [-0.1, -0.05) is 35.9 Å². The lowest BCUT2D eigenvalue weighted by atomic mass is 10.1. The topological polar surface area (TPSA) is 92.2 Å². The number of amides is 1. The van der Waals surface area contributed by atoms with Crippen molar-refractivity contribution < 1.29 is 14.7 Å². The fourth-order valence-corrected chi connectivity index (χ4v) is 4.44. The predicted molar refractivity (Wildman–Crippen MR) is 135 cm³/mol. The molecule has 0 spiro atoms. The Kier molecular flexibility index (Phi) is 8.94. The Morgan fingerprint density at radius 1 is 1.00 bits per heavy atom. The molecule has 3 rings (SSSR count). The van der Waals surface area contributed by atoms with Crippen LogP contribution in [0.25, 0.3) is 6.08 Å². The average Bonchev–Trinajstić information content (AvgIpc) is 2.80. The molecule has 0 saturated heterocycles. The van der Waals surface area contributed by atoms with Crippen LogP contribution < -0.4 is 5.32 Å². The van der Waals surface area contributed by atoms with Crippen LogP contribution in [0, 0.1) is 0 Å². The number of thioether (sulfide) groups is 2. The van der Waals surface area contributed by atoms with Crippen molar-refractivity contribution in [3.63, 3.8) is 0 Å². The Labute approximate surface area is 205 Å². The summed E-state index contributed by atoms with van der Waals surface area (Å²) in [5.74, 6) is -0.512. The van der Waals surface area contributed by atoms with Crippen molar-refractivity contribution >= 4 is 58.8 Å². The summed E-state index contributed by atoms with van der Waals surface area (Å²) in [6, 6.07) is 14.7. The third-order valence-electron chi connectivity index (χ3n) is 4.57. The fraction of sp³-hybridized carbons (Fsp3) is 0.167. The molecule has 0 aliphatic carbocycles. The molecule has 0 aliphatic heterocycles. The second-order valence-corrected chi connectivity index (χ2v) is 8.98. The molecule has 170 valence electrons. The van der Waals surface area contributed by atoms with Gasteiger partial charge in [-0.3, -0.25) is 9.59 Å². The zero-order chi connectivity index (χ0) is 23.8. The molecule has 1 amide bonds. The highest BCUT2D eigenvalue weighted by molar-refractivity contribution is 7.99. The first-order valence-corrected chi connectivity index (χ1v) is 12.7. The lowest BCUT2D eigenvalue weighted by molar-refractivity contribution is -0.136. The van der Waals surface area contributed by atoms with Crippen molar-refractivity contribution in [2.75, 3.05) is 17.8 Å². The number of benzene rings is 2. The van der Waals surface area contributed by atoms with E-state index in [0.29, 0.717) is 38.6 Å². The number of nitrogens with one attached hydrogen (secondary N) is 1. The van der Waals surface area contributed by atoms with E-state index in [1.165, 1.54) is 29.6 Å². The van der Waals surface area contributed by atoms with Crippen molar-refractivity contribution in [2.24, 2.45) is 0 Å². The van der Waals surface area contributed by atoms with E-state index in [9.17, 15) is 14.7 Å². The monoisotopic (exact) mass is 499 g/mol. The highest BCUT2D eigenvalue weighted by Crippen LogP contribution is 2.28.